The van der Waals surface area contributed by atoms with E-state index >= 15 is 0 Å². The Morgan fingerprint density at radius 2 is 1.86 bits per heavy atom. The van der Waals surface area contributed by atoms with Crippen molar-refractivity contribution in [2.24, 2.45) is 0 Å². The van der Waals surface area contributed by atoms with Gasteiger partial charge in [0, 0.05) is 19.1 Å². The fourth-order valence-electron chi connectivity index (χ4n) is 3.66. The van der Waals surface area contributed by atoms with Gasteiger partial charge in [-0.3, -0.25) is 9.80 Å². The molecule has 0 spiro atoms. The van der Waals surface area contributed by atoms with Crippen LogP contribution in [0.4, 0.5) is 0 Å². The topological polar surface area (TPSA) is 24.9 Å². The number of fused-ring (bicyclic) bond motifs is 1. The summed E-state index contributed by atoms with van der Waals surface area (Å²) in [6, 6.07) is 7.04. The molecule has 4 nitrogen and oxygen atoms in total. The van der Waals surface area contributed by atoms with Crippen LogP contribution in [0.5, 0.6) is 11.5 Å². The molecule has 4 heteroatoms. The van der Waals surface area contributed by atoms with Crippen LogP contribution in [0.3, 0.4) is 0 Å². The van der Waals surface area contributed by atoms with Gasteiger partial charge in [0.15, 0.2) is 11.5 Å². The van der Waals surface area contributed by atoms with Crippen molar-refractivity contribution in [3.63, 3.8) is 0 Å². The lowest BCUT2D eigenvalue weighted by molar-refractivity contribution is 0.215. The van der Waals surface area contributed by atoms with E-state index in [1.54, 1.807) is 14.2 Å². The molecule has 3 rings (SSSR count). The van der Waals surface area contributed by atoms with Crippen molar-refractivity contribution in [2.45, 2.75) is 31.8 Å². The molecule has 2 aliphatic rings. The highest BCUT2D eigenvalue weighted by Crippen LogP contribution is 2.29. The fourth-order valence-corrected chi connectivity index (χ4v) is 3.66. The normalized spacial score (nSPS) is 23.6. The van der Waals surface area contributed by atoms with E-state index in [-0.39, 0.29) is 0 Å². The van der Waals surface area contributed by atoms with Crippen LogP contribution in [0.15, 0.2) is 18.2 Å². The lowest BCUT2D eigenvalue weighted by Gasteiger charge is -2.25. The van der Waals surface area contributed by atoms with Crippen LogP contribution in [-0.4, -0.2) is 56.2 Å². The Morgan fingerprint density at radius 1 is 1.05 bits per heavy atom. The number of hydrogen-bond acceptors (Lipinski definition) is 4. The minimum absolute atomic E-state index is 0.771. The monoisotopic (exact) mass is 290 g/mol. The molecule has 116 valence electrons. The first kappa shape index (κ1) is 14.7. The van der Waals surface area contributed by atoms with Gasteiger partial charge in [-0.1, -0.05) is 6.07 Å². The van der Waals surface area contributed by atoms with Crippen molar-refractivity contribution in [3.05, 3.63) is 23.8 Å². The van der Waals surface area contributed by atoms with E-state index in [1.165, 1.54) is 51.0 Å². The summed E-state index contributed by atoms with van der Waals surface area (Å²) < 4.78 is 10.7. The second-order valence-corrected chi connectivity index (χ2v) is 6.11. The van der Waals surface area contributed by atoms with Crippen molar-refractivity contribution in [1.82, 2.24) is 9.80 Å². The Kier molecular flexibility index (Phi) is 4.66. The maximum atomic E-state index is 5.41. The van der Waals surface area contributed by atoms with E-state index in [0.29, 0.717) is 0 Å². The van der Waals surface area contributed by atoms with E-state index in [4.69, 9.17) is 9.47 Å². The highest BCUT2D eigenvalue weighted by Gasteiger charge is 2.28. The first-order valence-electron chi connectivity index (χ1n) is 7.97. The van der Waals surface area contributed by atoms with Gasteiger partial charge in [-0.05, 0) is 56.6 Å². The number of methoxy groups -OCH3 is 2. The standard InChI is InChI=1S/C17H26N2O2/c1-20-16-7-6-14(11-17(16)21-2)12-18-8-4-10-19-9-3-5-15(19)13-18/h6-7,11,15H,3-5,8-10,12-13H2,1-2H3. The zero-order valence-corrected chi connectivity index (χ0v) is 13.2. The average Bonchev–Trinajstić information content (AvgIpc) is 2.86. The molecule has 2 aliphatic heterocycles. The van der Waals surface area contributed by atoms with Crippen LogP contribution in [0.25, 0.3) is 0 Å². The van der Waals surface area contributed by atoms with E-state index < -0.39 is 0 Å². The summed E-state index contributed by atoms with van der Waals surface area (Å²) >= 11 is 0. The second kappa shape index (κ2) is 6.67. The molecule has 1 aromatic rings. The third-order valence-electron chi connectivity index (χ3n) is 4.74. The Morgan fingerprint density at radius 3 is 2.67 bits per heavy atom. The van der Waals surface area contributed by atoms with E-state index in [1.807, 2.05) is 6.07 Å². The quantitative estimate of drug-likeness (QED) is 0.850. The fraction of sp³-hybridized carbons (Fsp3) is 0.647. The van der Waals surface area contributed by atoms with Gasteiger partial charge in [0.05, 0.1) is 14.2 Å². The average molecular weight is 290 g/mol. The molecule has 1 aromatic carbocycles. The highest BCUT2D eigenvalue weighted by molar-refractivity contribution is 5.42. The van der Waals surface area contributed by atoms with Crippen LogP contribution in [0.1, 0.15) is 24.8 Å². The van der Waals surface area contributed by atoms with Gasteiger partial charge in [0.2, 0.25) is 0 Å². The Hall–Kier alpha value is -1.26. The molecule has 2 heterocycles. The number of rotatable bonds is 4. The zero-order valence-electron chi connectivity index (χ0n) is 13.2. The molecule has 1 atom stereocenters. The second-order valence-electron chi connectivity index (χ2n) is 6.11. The molecule has 1 unspecified atom stereocenters. The minimum Gasteiger partial charge on any atom is -0.493 e. The highest BCUT2D eigenvalue weighted by atomic mass is 16.5. The van der Waals surface area contributed by atoms with Crippen LogP contribution >= 0.6 is 0 Å². The van der Waals surface area contributed by atoms with Crippen molar-refractivity contribution >= 4 is 0 Å². The first-order chi connectivity index (χ1) is 10.3. The van der Waals surface area contributed by atoms with Gasteiger partial charge < -0.3 is 9.47 Å². The predicted octanol–water partition coefficient (Wildman–Crippen LogP) is 2.37. The molecule has 0 aliphatic carbocycles. The lowest BCUT2D eigenvalue weighted by Crippen LogP contribution is -2.36. The van der Waals surface area contributed by atoms with Crippen molar-refractivity contribution in [1.29, 1.82) is 0 Å². The smallest absolute Gasteiger partial charge is 0.161 e. The SMILES string of the molecule is COc1ccc(CN2CCCN3CCCC3C2)cc1OC. The zero-order chi connectivity index (χ0) is 14.7. The maximum Gasteiger partial charge on any atom is 0.161 e. The molecule has 2 saturated heterocycles. The van der Waals surface area contributed by atoms with E-state index in [9.17, 15) is 0 Å². The molecule has 2 fully saturated rings. The number of benzene rings is 1. The third-order valence-corrected chi connectivity index (χ3v) is 4.74. The van der Waals surface area contributed by atoms with Crippen LogP contribution in [0, 0.1) is 0 Å². The van der Waals surface area contributed by atoms with Crippen molar-refractivity contribution < 1.29 is 9.47 Å². The van der Waals surface area contributed by atoms with Crippen LogP contribution < -0.4 is 9.47 Å². The van der Waals surface area contributed by atoms with Crippen molar-refractivity contribution in [2.75, 3.05) is 40.4 Å². The molecule has 0 bridgehead atoms. The Balaban J connectivity index is 1.68. The third kappa shape index (κ3) is 3.33. The Bertz CT molecular complexity index is 478. The predicted molar refractivity (Wildman–Crippen MR) is 84.0 cm³/mol. The van der Waals surface area contributed by atoms with Gasteiger partial charge in [-0.15, -0.1) is 0 Å². The molecular weight excluding hydrogens is 264 g/mol. The van der Waals surface area contributed by atoms with Crippen LogP contribution in [-0.2, 0) is 6.54 Å². The van der Waals surface area contributed by atoms with Gasteiger partial charge in [-0.2, -0.15) is 0 Å². The molecule has 21 heavy (non-hydrogen) atoms. The minimum atomic E-state index is 0.771. The van der Waals surface area contributed by atoms with Gasteiger partial charge in [0.25, 0.3) is 0 Å². The van der Waals surface area contributed by atoms with E-state index in [2.05, 4.69) is 21.9 Å². The Labute approximate surface area is 127 Å². The molecular formula is C17H26N2O2. The summed E-state index contributed by atoms with van der Waals surface area (Å²) in [5.41, 5.74) is 1.30. The van der Waals surface area contributed by atoms with Gasteiger partial charge in [0.1, 0.15) is 0 Å². The number of nitrogens with zero attached hydrogens (tertiary/aromatic N) is 2. The summed E-state index contributed by atoms with van der Waals surface area (Å²) in [5, 5.41) is 0. The summed E-state index contributed by atoms with van der Waals surface area (Å²) in [5.74, 6) is 1.63. The maximum absolute atomic E-state index is 5.41. The van der Waals surface area contributed by atoms with Gasteiger partial charge in [-0.25, -0.2) is 0 Å². The first-order valence-corrected chi connectivity index (χ1v) is 7.97. The number of ether oxygens (including phenoxy) is 2. The van der Waals surface area contributed by atoms with Crippen molar-refractivity contribution in [3.8, 4) is 11.5 Å². The molecule has 0 N–H and O–H groups in total. The molecule has 0 saturated carbocycles. The van der Waals surface area contributed by atoms with Gasteiger partial charge >= 0.3 is 0 Å². The molecule has 0 amide bonds. The lowest BCUT2D eigenvalue weighted by atomic mass is 10.1. The summed E-state index contributed by atoms with van der Waals surface area (Å²) in [4.78, 5) is 5.27. The summed E-state index contributed by atoms with van der Waals surface area (Å²) in [6.45, 7) is 5.97. The van der Waals surface area contributed by atoms with E-state index in [0.717, 1.165) is 24.1 Å². The summed E-state index contributed by atoms with van der Waals surface area (Å²) in [7, 11) is 3.38. The summed E-state index contributed by atoms with van der Waals surface area (Å²) in [6.07, 6.45) is 4.01. The molecule has 0 radical (unpaired) electrons. The van der Waals surface area contributed by atoms with Crippen LogP contribution in [0.2, 0.25) is 0 Å². The number of hydrogen-bond donors (Lipinski definition) is 0. The largest absolute Gasteiger partial charge is 0.493 e. The molecule has 0 aromatic heterocycles.